The normalized spacial score (nSPS) is 14.3. The lowest BCUT2D eigenvalue weighted by atomic mass is 10.3. The van der Waals surface area contributed by atoms with E-state index >= 15 is 0 Å². The molecule has 1 aliphatic rings. The summed E-state index contributed by atoms with van der Waals surface area (Å²) >= 11 is 1.40. The first-order valence-electron chi connectivity index (χ1n) is 8.83. The van der Waals surface area contributed by atoms with E-state index in [9.17, 15) is 4.79 Å². The second-order valence-electron chi connectivity index (χ2n) is 6.07. The molecule has 27 heavy (non-hydrogen) atoms. The average molecular weight is 384 g/mol. The first-order chi connectivity index (χ1) is 13.3. The number of hydrogen-bond donors (Lipinski definition) is 2. The van der Waals surface area contributed by atoms with Crippen molar-refractivity contribution in [3.8, 4) is 0 Å². The molecule has 1 fully saturated rings. The van der Waals surface area contributed by atoms with Crippen molar-refractivity contribution in [3.05, 3.63) is 41.5 Å². The summed E-state index contributed by atoms with van der Waals surface area (Å²) in [6.45, 7) is 4.18. The first-order valence-corrected chi connectivity index (χ1v) is 9.64. The summed E-state index contributed by atoms with van der Waals surface area (Å²) in [5.74, 6) is 0.527. The van der Waals surface area contributed by atoms with Gasteiger partial charge in [-0.1, -0.05) is 12.1 Å². The van der Waals surface area contributed by atoms with Gasteiger partial charge in [0.05, 0.1) is 35.3 Å². The van der Waals surface area contributed by atoms with Crippen LogP contribution in [0.2, 0.25) is 0 Å². The number of nitrogens with zero attached hydrogens (tertiary/aromatic N) is 4. The largest absolute Gasteiger partial charge is 0.378 e. The van der Waals surface area contributed by atoms with Crippen LogP contribution in [0.3, 0.4) is 0 Å². The van der Waals surface area contributed by atoms with E-state index in [0.29, 0.717) is 23.9 Å². The average Bonchev–Trinajstić information content (AvgIpc) is 3.16. The Morgan fingerprint density at radius 2 is 2.07 bits per heavy atom. The predicted molar refractivity (Wildman–Crippen MR) is 106 cm³/mol. The Kier molecular flexibility index (Phi) is 5.40. The molecule has 0 unspecified atom stereocenters. The number of nitrogens with one attached hydrogen (secondary N) is 2. The number of para-hydroxylation sites is 1. The lowest BCUT2D eigenvalue weighted by Gasteiger charge is -2.28. The molecular weight excluding hydrogens is 364 g/mol. The SMILES string of the molecule is O=C(NCCNc1cc(N2CCOCC2)cnn1)c1nc2ccccc2s1. The highest BCUT2D eigenvalue weighted by molar-refractivity contribution is 7.20. The summed E-state index contributed by atoms with van der Waals surface area (Å²) < 4.78 is 6.38. The van der Waals surface area contributed by atoms with E-state index in [1.165, 1.54) is 11.3 Å². The van der Waals surface area contributed by atoms with Crippen LogP contribution in [0, 0.1) is 0 Å². The zero-order chi connectivity index (χ0) is 18.5. The number of morpholine rings is 1. The van der Waals surface area contributed by atoms with E-state index in [2.05, 4.69) is 30.7 Å². The third kappa shape index (κ3) is 4.32. The number of aromatic nitrogens is 3. The maximum absolute atomic E-state index is 12.2. The van der Waals surface area contributed by atoms with Crippen LogP contribution in [-0.2, 0) is 4.74 Å². The summed E-state index contributed by atoms with van der Waals surface area (Å²) in [4.78, 5) is 18.8. The molecule has 3 aromatic rings. The van der Waals surface area contributed by atoms with Crippen molar-refractivity contribution in [2.75, 3.05) is 49.6 Å². The molecule has 4 rings (SSSR count). The molecule has 1 aliphatic heterocycles. The summed E-state index contributed by atoms with van der Waals surface area (Å²) in [6, 6.07) is 9.70. The van der Waals surface area contributed by atoms with Crippen molar-refractivity contribution in [3.63, 3.8) is 0 Å². The van der Waals surface area contributed by atoms with Crippen molar-refractivity contribution in [1.29, 1.82) is 0 Å². The number of thiazole rings is 1. The second kappa shape index (κ2) is 8.28. The van der Waals surface area contributed by atoms with Crippen molar-refractivity contribution >= 4 is 39.0 Å². The van der Waals surface area contributed by atoms with E-state index in [4.69, 9.17) is 4.74 Å². The predicted octanol–water partition coefficient (Wildman–Crippen LogP) is 1.76. The number of fused-ring (bicyclic) bond motifs is 1. The van der Waals surface area contributed by atoms with Gasteiger partial charge in [-0.3, -0.25) is 4.79 Å². The molecule has 9 heteroatoms. The molecule has 1 amide bonds. The first kappa shape index (κ1) is 17.6. The molecule has 0 aliphatic carbocycles. The molecule has 140 valence electrons. The number of ether oxygens (including phenoxy) is 1. The van der Waals surface area contributed by atoms with E-state index in [1.807, 2.05) is 30.3 Å². The van der Waals surface area contributed by atoms with Crippen LogP contribution in [0.25, 0.3) is 10.2 Å². The lowest BCUT2D eigenvalue weighted by molar-refractivity contribution is 0.0955. The Morgan fingerprint density at radius 3 is 2.93 bits per heavy atom. The van der Waals surface area contributed by atoms with E-state index < -0.39 is 0 Å². The highest BCUT2D eigenvalue weighted by Crippen LogP contribution is 2.21. The fraction of sp³-hybridized carbons (Fsp3) is 0.333. The molecule has 0 atom stereocenters. The van der Waals surface area contributed by atoms with E-state index in [1.54, 1.807) is 6.20 Å². The van der Waals surface area contributed by atoms with E-state index in [0.717, 1.165) is 42.2 Å². The van der Waals surface area contributed by atoms with Crippen LogP contribution >= 0.6 is 11.3 Å². The number of rotatable bonds is 6. The van der Waals surface area contributed by atoms with Crippen molar-refractivity contribution in [2.45, 2.75) is 0 Å². The zero-order valence-corrected chi connectivity index (χ0v) is 15.5. The van der Waals surface area contributed by atoms with Crippen molar-refractivity contribution < 1.29 is 9.53 Å². The van der Waals surface area contributed by atoms with Crippen LogP contribution in [-0.4, -0.2) is 60.5 Å². The Hall–Kier alpha value is -2.78. The van der Waals surface area contributed by atoms with Gasteiger partial charge in [-0.2, -0.15) is 5.10 Å². The summed E-state index contributed by atoms with van der Waals surface area (Å²) in [7, 11) is 0. The summed E-state index contributed by atoms with van der Waals surface area (Å²) in [6.07, 6.45) is 1.76. The third-order valence-corrected chi connectivity index (χ3v) is 5.26. The highest BCUT2D eigenvalue weighted by Gasteiger charge is 2.13. The lowest BCUT2D eigenvalue weighted by Crippen LogP contribution is -2.36. The number of amides is 1. The molecule has 3 heterocycles. The molecular formula is C18H20N6O2S. The molecule has 0 radical (unpaired) electrons. The van der Waals surface area contributed by atoms with Crippen LogP contribution < -0.4 is 15.5 Å². The molecule has 1 aromatic carbocycles. The smallest absolute Gasteiger partial charge is 0.280 e. The summed E-state index contributed by atoms with van der Waals surface area (Å²) in [5, 5.41) is 14.7. The number of carbonyl (C=O) groups excluding carboxylic acids is 1. The van der Waals surface area contributed by atoms with Crippen LogP contribution in [0.15, 0.2) is 36.5 Å². The summed E-state index contributed by atoms with van der Waals surface area (Å²) in [5.41, 5.74) is 1.87. The van der Waals surface area contributed by atoms with Gasteiger partial charge in [-0.15, -0.1) is 16.4 Å². The minimum atomic E-state index is -0.161. The maximum atomic E-state index is 12.2. The molecule has 2 aromatic heterocycles. The second-order valence-corrected chi connectivity index (χ2v) is 7.10. The number of benzene rings is 1. The standard InChI is InChI=1S/C18H20N6O2S/c25-17(18-22-14-3-1-2-4-15(14)27-18)20-6-5-19-16-11-13(12-21-23-16)24-7-9-26-10-8-24/h1-4,11-12H,5-10H2,(H,19,23)(H,20,25). The van der Waals surface area contributed by atoms with Gasteiger partial charge >= 0.3 is 0 Å². The van der Waals surface area contributed by atoms with Gasteiger partial charge < -0.3 is 20.3 Å². The van der Waals surface area contributed by atoms with Crippen LogP contribution in [0.4, 0.5) is 11.5 Å². The minimum Gasteiger partial charge on any atom is -0.378 e. The van der Waals surface area contributed by atoms with Gasteiger partial charge in [0.15, 0.2) is 10.8 Å². The van der Waals surface area contributed by atoms with Crippen LogP contribution in [0.1, 0.15) is 9.80 Å². The fourth-order valence-corrected chi connectivity index (χ4v) is 3.73. The molecule has 1 saturated heterocycles. The number of carbonyl (C=O) groups is 1. The molecule has 8 nitrogen and oxygen atoms in total. The maximum Gasteiger partial charge on any atom is 0.280 e. The van der Waals surface area contributed by atoms with Gasteiger partial charge in [0.25, 0.3) is 5.91 Å². The molecule has 0 bridgehead atoms. The van der Waals surface area contributed by atoms with E-state index in [-0.39, 0.29) is 5.91 Å². The Morgan fingerprint density at radius 1 is 1.22 bits per heavy atom. The highest BCUT2D eigenvalue weighted by atomic mass is 32.1. The fourth-order valence-electron chi connectivity index (χ4n) is 2.85. The zero-order valence-electron chi connectivity index (χ0n) is 14.7. The molecule has 0 spiro atoms. The number of hydrogen-bond acceptors (Lipinski definition) is 8. The Balaban J connectivity index is 1.27. The van der Waals surface area contributed by atoms with Gasteiger partial charge in [-0.05, 0) is 12.1 Å². The van der Waals surface area contributed by atoms with Crippen LogP contribution in [0.5, 0.6) is 0 Å². The van der Waals surface area contributed by atoms with Gasteiger partial charge in [0, 0.05) is 32.2 Å². The van der Waals surface area contributed by atoms with Crippen molar-refractivity contribution in [2.24, 2.45) is 0 Å². The monoisotopic (exact) mass is 384 g/mol. The van der Waals surface area contributed by atoms with Crippen molar-refractivity contribution in [1.82, 2.24) is 20.5 Å². The van der Waals surface area contributed by atoms with Gasteiger partial charge in [0.2, 0.25) is 0 Å². The Bertz CT molecular complexity index is 892. The third-order valence-electron chi connectivity index (χ3n) is 4.22. The topological polar surface area (TPSA) is 92.3 Å². The quantitative estimate of drug-likeness (QED) is 0.626. The molecule has 2 N–H and O–H groups in total. The number of anilines is 2. The molecule has 0 saturated carbocycles. The Labute approximate surface area is 160 Å². The minimum absolute atomic E-state index is 0.161. The van der Waals surface area contributed by atoms with Gasteiger partial charge in [0.1, 0.15) is 0 Å². The van der Waals surface area contributed by atoms with Gasteiger partial charge in [-0.25, -0.2) is 4.98 Å².